The highest BCUT2D eigenvalue weighted by Gasteiger charge is 2.40. The molecule has 2 N–H and O–H groups in total. The summed E-state index contributed by atoms with van der Waals surface area (Å²) in [5, 5.41) is 0.650. The Morgan fingerprint density at radius 1 is 1.47 bits per heavy atom. The molecule has 0 saturated carbocycles. The van der Waals surface area contributed by atoms with Crippen molar-refractivity contribution in [2.24, 2.45) is 0 Å². The van der Waals surface area contributed by atoms with Crippen LogP contribution in [-0.4, -0.2) is 29.0 Å². The van der Waals surface area contributed by atoms with Crippen LogP contribution in [0.4, 0.5) is 5.69 Å². The lowest BCUT2D eigenvalue weighted by atomic mass is 9.93. The molecule has 0 amide bonds. The molecule has 2 heterocycles. The van der Waals surface area contributed by atoms with Crippen molar-refractivity contribution in [1.82, 2.24) is 0 Å². The molecule has 0 radical (unpaired) electrons. The minimum atomic E-state index is 0.166. The van der Waals surface area contributed by atoms with Crippen LogP contribution in [0, 0.1) is 6.92 Å². The fourth-order valence-electron chi connectivity index (χ4n) is 2.88. The zero-order valence-corrected chi connectivity index (χ0v) is 13.0. The third-order valence-electron chi connectivity index (χ3n) is 4.09. The van der Waals surface area contributed by atoms with Crippen molar-refractivity contribution < 1.29 is 4.74 Å². The lowest BCUT2D eigenvalue weighted by Gasteiger charge is -2.37. The number of rotatable bonds is 2. The van der Waals surface area contributed by atoms with E-state index in [4.69, 9.17) is 10.5 Å². The maximum Gasteiger partial charge on any atom is 0.0791 e. The summed E-state index contributed by atoms with van der Waals surface area (Å²) in [4.78, 5) is 1.24. The molecule has 1 spiro atoms. The number of hydrogen-bond acceptors (Lipinski definition) is 4. The third kappa shape index (κ3) is 2.91. The number of nitrogens with two attached hydrogens (primary N) is 1. The number of para-hydroxylation sites is 1. The number of nitrogen functional groups attached to an aromatic ring is 1. The normalized spacial score (nSPS) is 30.9. The summed E-state index contributed by atoms with van der Waals surface area (Å²) in [5.74, 6) is 2.43. The summed E-state index contributed by atoms with van der Waals surface area (Å²) in [6, 6.07) is 6.34. The van der Waals surface area contributed by atoms with E-state index in [9.17, 15) is 0 Å². The van der Waals surface area contributed by atoms with Gasteiger partial charge in [0.25, 0.3) is 0 Å². The first kappa shape index (κ1) is 13.7. The molecule has 2 saturated heterocycles. The van der Waals surface area contributed by atoms with Crippen LogP contribution in [0.15, 0.2) is 23.1 Å². The topological polar surface area (TPSA) is 35.2 Å². The van der Waals surface area contributed by atoms with Gasteiger partial charge in [-0.05, 0) is 43.6 Å². The first-order valence-electron chi connectivity index (χ1n) is 6.92. The maximum atomic E-state index is 6.19. The number of benzene rings is 1. The molecule has 2 aliphatic heterocycles. The first-order chi connectivity index (χ1) is 9.19. The highest BCUT2D eigenvalue weighted by Crippen LogP contribution is 2.44. The Kier molecular flexibility index (Phi) is 4.01. The number of anilines is 1. The Bertz CT molecular complexity index is 457. The average molecular weight is 295 g/mol. The summed E-state index contributed by atoms with van der Waals surface area (Å²) in [5.41, 5.74) is 8.49. The molecule has 4 heteroatoms. The van der Waals surface area contributed by atoms with Crippen molar-refractivity contribution in [2.45, 2.75) is 41.9 Å². The van der Waals surface area contributed by atoms with Gasteiger partial charge in [-0.25, -0.2) is 0 Å². The Morgan fingerprint density at radius 2 is 2.37 bits per heavy atom. The highest BCUT2D eigenvalue weighted by atomic mass is 32.2. The molecule has 2 nitrogen and oxygen atoms in total. The van der Waals surface area contributed by atoms with E-state index in [2.05, 4.69) is 25.1 Å². The van der Waals surface area contributed by atoms with E-state index in [0.717, 1.165) is 18.7 Å². The van der Waals surface area contributed by atoms with Gasteiger partial charge in [0.05, 0.1) is 5.60 Å². The Labute approximate surface area is 123 Å². The second kappa shape index (κ2) is 5.58. The predicted molar refractivity (Wildman–Crippen MR) is 85.1 cm³/mol. The molecule has 1 aromatic rings. The summed E-state index contributed by atoms with van der Waals surface area (Å²) in [6.45, 7) is 2.99. The van der Waals surface area contributed by atoms with Crippen LogP contribution in [0.3, 0.4) is 0 Å². The van der Waals surface area contributed by atoms with Gasteiger partial charge in [-0.2, -0.15) is 11.8 Å². The van der Waals surface area contributed by atoms with Gasteiger partial charge < -0.3 is 10.5 Å². The maximum absolute atomic E-state index is 6.19. The van der Waals surface area contributed by atoms with E-state index in [1.165, 1.54) is 34.8 Å². The van der Waals surface area contributed by atoms with Crippen molar-refractivity contribution in [3.8, 4) is 0 Å². The monoisotopic (exact) mass is 295 g/mol. The fourth-order valence-corrected chi connectivity index (χ4v) is 5.67. The minimum Gasteiger partial charge on any atom is -0.398 e. The molecule has 0 aromatic heterocycles. The Hall–Kier alpha value is -0.320. The lowest BCUT2D eigenvalue weighted by molar-refractivity contribution is -0.0562. The van der Waals surface area contributed by atoms with Crippen LogP contribution in [0.1, 0.15) is 24.8 Å². The standard InChI is InChI=1S/C15H21NOS2/c1-11-3-2-4-13(14(11)16)19-12-5-7-17-15(9-12)6-8-18-10-15/h2-4,12H,5-10,16H2,1H3. The molecule has 2 unspecified atom stereocenters. The zero-order chi connectivity index (χ0) is 13.3. The quantitative estimate of drug-likeness (QED) is 0.843. The first-order valence-corrected chi connectivity index (χ1v) is 8.95. The number of ether oxygens (including phenoxy) is 1. The lowest BCUT2D eigenvalue weighted by Crippen LogP contribution is -2.40. The van der Waals surface area contributed by atoms with Gasteiger partial charge in [0.1, 0.15) is 0 Å². The largest absolute Gasteiger partial charge is 0.398 e. The van der Waals surface area contributed by atoms with E-state index in [0.29, 0.717) is 5.25 Å². The Balaban J connectivity index is 1.71. The summed E-state index contributed by atoms with van der Waals surface area (Å²) < 4.78 is 6.08. The second-order valence-electron chi connectivity index (χ2n) is 5.55. The highest BCUT2D eigenvalue weighted by molar-refractivity contribution is 8.00. The van der Waals surface area contributed by atoms with Crippen LogP contribution < -0.4 is 5.73 Å². The molecule has 19 heavy (non-hydrogen) atoms. The molecule has 1 aromatic carbocycles. The molecular formula is C15H21NOS2. The zero-order valence-electron chi connectivity index (χ0n) is 11.4. The molecule has 3 rings (SSSR count). The fraction of sp³-hybridized carbons (Fsp3) is 0.600. The van der Waals surface area contributed by atoms with Crippen molar-refractivity contribution >= 4 is 29.2 Å². The van der Waals surface area contributed by atoms with Crippen molar-refractivity contribution in [3.63, 3.8) is 0 Å². The summed E-state index contributed by atoms with van der Waals surface area (Å²) in [7, 11) is 0. The average Bonchev–Trinajstić information content (AvgIpc) is 2.83. The van der Waals surface area contributed by atoms with E-state index in [1.54, 1.807) is 0 Å². The molecule has 2 atom stereocenters. The SMILES string of the molecule is Cc1cccc(SC2CCOC3(CCSC3)C2)c1N. The van der Waals surface area contributed by atoms with Crippen LogP contribution in [0.2, 0.25) is 0 Å². The van der Waals surface area contributed by atoms with E-state index < -0.39 is 0 Å². The molecule has 104 valence electrons. The van der Waals surface area contributed by atoms with E-state index in [-0.39, 0.29) is 5.60 Å². The van der Waals surface area contributed by atoms with Crippen LogP contribution in [-0.2, 0) is 4.74 Å². The third-order valence-corrected chi connectivity index (χ3v) is 6.66. The molecule has 0 bridgehead atoms. The van der Waals surface area contributed by atoms with Gasteiger partial charge in [-0.3, -0.25) is 0 Å². The second-order valence-corrected chi connectivity index (χ2v) is 8.00. The number of hydrogen-bond donors (Lipinski definition) is 1. The van der Waals surface area contributed by atoms with Gasteiger partial charge in [0.15, 0.2) is 0 Å². The molecular weight excluding hydrogens is 274 g/mol. The van der Waals surface area contributed by atoms with Gasteiger partial charge in [-0.1, -0.05) is 12.1 Å². The van der Waals surface area contributed by atoms with E-state index >= 15 is 0 Å². The van der Waals surface area contributed by atoms with Gasteiger partial charge >= 0.3 is 0 Å². The number of aryl methyl sites for hydroxylation is 1. The molecule has 2 aliphatic rings. The van der Waals surface area contributed by atoms with Gasteiger partial charge in [0, 0.05) is 28.2 Å². The van der Waals surface area contributed by atoms with Crippen LogP contribution in [0.25, 0.3) is 0 Å². The Morgan fingerprint density at radius 3 is 3.16 bits per heavy atom. The smallest absolute Gasteiger partial charge is 0.0791 e. The van der Waals surface area contributed by atoms with E-state index in [1.807, 2.05) is 23.5 Å². The predicted octanol–water partition coefficient (Wildman–Crippen LogP) is 3.72. The molecule has 2 fully saturated rings. The van der Waals surface area contributed by atoms with Crippen molar-refractivity contribution in [1.29, 1.82) is 0 Å². The number of thioether (sulfide) groups is 2. The summed E-state index contributed by atoms with van der Waals surface area (Å²) in [6.07, 6.45) is 3.54. The van der Waals surface area contributed by atoms with Gasteiger partial charge in [0.2, 0.25) is 0 Å². The van der Waals surface area contributed by atoms with Gasteiger partial charge in [-0.15, -0.1) is 11.8 Å². The van der Waals surface area contributed by atoms with Crippen molar-refractivity contribution in [3.05, 3.63) is 23.8 Å². The van der Waals surface area contributed by atoms with Crippen molar-refractivity contribution in [2.75, 3.05) is 23.8 Å². The minimum absolute atomic E-state index is 0.166. The molecule has 0 aliphatic carbocycles. The van der Waals surface area contributed by atoms with Crippen LogP contribution >= 0.6 is 23.5 Å². The van der Waals surface area contributed by atoms with Crippen LogP contribution in [0.5, 0.6) is 0 Å². The summed E-state index contributed by atoms with van der Waals surface area (Å²) >= 11 is 3.99.